The lowest BCUT2D eigenvalue weighted by Gasteiger charge is -2.30. The van der Waals surface area contributed by atoms with Crippen LogP contribution in [0, 0.1) is 0 Å². The molecule has 8 heteroatoms. The number of carboxylic acids is 1. The summed E-state index contributed by atoms with van der Waals surface area (Å²) in [6, 6.07) is 2.15. The van der Waals surface area contributed by atoms with E-state index in [2.05, 4.69) is 0 Å². The number of hydrogen-bond donors (Lipinski definition) is 1. The van der Waals surface area contributed by atoms with Gasteiger partial charge in [0, 0.05) is 5.56 Å². The SMILES string of the molecule is O=C(O)C1(C(F)F)C=Cc2cc(C(F)(F)F)ccc2O1. The zero-order valence-corrected chi connectivity index (χ0v) is 9.62. The first-order chi connectivity index (χ1) is 9.17. The van der Waals surface area contributed by atoms with E-state index in [1.165, 1.54) is 0 Å². The lowest BCUT2D eigenvalue weighted by molar-refractivity contribution is -0.163. The second-order valence-corrected chi connectivity index (χ2v) is 4.08. The van der Waals surface area contributed by atoms with Crippen molar-refractivity contribution in [2.45, 2.75) is 18.2 Å². The van der Waals surface area contributed by atoms with Gasteiger partial charge in [-0.05, 0) is 24.3 Å². The van der Waals surface area contributed by atoms with Crippen molar-refractivity contribution in [2.75, 3.05) is 0 Å². The first-order valence-corrected chi connectivity index (χ1v) is 5.28. The van der Waals surface area contributed by atoms with Crippen LogP contribution in [0.2, 0.25) is 0 Å². The Hall–Kier alpha value is -2.12. The van der Waals surface area contributed by atoms with Crippen molar-refractivity contribution in [1.29, 1.82) is 0 Å². The summed E-state index contributed by atoms with van der Waals surface area (Å²) in [5.41, 5.74) is -3.98. The fraction of sp³-hybridized carbons (Fsp3) is 0.250. The molecule has 1 aromatic rings. The summed E-state index contributed by atoms with van der Waals surface area (Å²) in [4.78, 5) is 10.9. The molecule has 0 spiro atoms. The zero-order chi connectivity index (χ0) is 15.1. The molecule has 1 heterocycles. The smallest absolute Gasteiger partial charge is 0.416 e. The molecule has 0 saturated carbocycles. The molecule has 0 fully saturated rings. The lowest BCUT2D eigenvalue weighted by Crippen LogP contribution is -2.50. The van der Waals surface area contributed by atoms with Gasteiger partial charge < -0.3 is 9.84 Å². The van der Waals surface area contributed by atoms with Crippen LogP contribution in [0.25, 0.3) is 6.08 Å². The highest BCUT2D eigenvalue weighted by Crippen LogP contribution is 2.38. The molecule has 0 aliphatic carbocycles. The Morgan fingerprint density at radius 3 is 2.45 bits per heavy atom. The number of carboxylic acid groups (broad SMARTS) is 1. The van der Waals surface area contributed by atoms with E-state index in [9.17, 15) is 26.7 Å². The highest BCUT2D eigenvalue weighted by atomic mass is 19.4. The van der Waals surface area contributed by atoms with E-state index in [1.807, 2.05) is 0 Å². The third-order valence-corrected chi connectivity index (χ3v) is 2.78. The van der Waals surface area contributed by atoms with Crippen LogP contribution >= 0.6 is 0 Å². The number of benzene rings is 1. The summed E-state index contributed by atoms with van der Waals surface area (Å²) in [7, 11) is 0. The van der Waals surface area contributed by atoms with Gasteiger partial charge in [0.1, 0.15) is 5.75 Å². The topological polar surface area (TPSA) is 46.5 Å². The molecule has 0 radical (unpaired) electrons. The molecule has 108 valence electrons. The molecular weight excluding hydrogens is 287 g/mol. The molecule has 1 aliphatic heterocycles. The van der Waals surface area contributed by atoms with E-state index < -0.39 is 29.7 Å². The maximum atomic E-state index is 12.9. The lowest BCUT2D eigenvalue weighted by atomic mass is 9.97. The third-order valence-electron chi connectivity index (χ3n) is 2.78. The minimum absolute atomic E-state index is 0.114. The number of carbonyl (C=O) groups is 1. The van der Waals surface area contributed by atoms with E-state index in [0.29, 0.717) is 18.2 Å². The van der Waals surface area contributed by atoms with Gasteiger partial charge in [0.2, 0.25) is 0 Å². The van der Waals surface area contributed by atoms with Gasteiger partial charge in [0.25, 0.3) is 12.0 Å². The summed E-state index contributed by atoms with van der Waals surface area (Å²) >= 11 is 0. The molecule has 20 heavy (non-hydrogen) atoms. The monoisotopic (exact) mass is 294 g/mol. The highest BCUT2D eigenvalue weighted by Gasteiger charge is 2.50. The summed E-state index contributed by atoms with van der Waals surface area (Å²) in [5, 5.41) is 8.83. The molecule has 1 aromatic carbocycles. The molecule has 2 rings (SSSR count). The van der Waals surface area contributed by atoms with Crippen LogP contribution in [0.5, 0.6) is 5.75 Å². The predicted molar refractivity (Wildman–Crippen MR) is 57.5 cm³/mol. The van der Waals surface area contributed by atoms with Crippen LogP contribution < -0.4 is 4.74 Å². The predicted octanol–water partition coefficient (Wildman–Crippen LogP) is 3.20. The molecule has 0 amide bonds. The van der Waals surface area contributed by atoms with Gasteiger partial charge >= 0.3 is 12.1 Å². The standard InChI is InChI=1S/C12H7F5O3/c13-9(14)11(10(18)19)4-3-6-5-7(12(15,16)17)1-2-8(6)20-11/h1-5,9H,(H,18,19). The molecule has 0 aromatic heterocycles. The van der Waals surface area contributed by atoms with Crippen molar-refractivity contribution in [3.63, 3.8) is 0 Å². The summed E-state index contributed by atoms with van der Waals surface area (Å²) in [5.74, 6) is -2.27. The van der Waals surface area contributed by atoms with Crippen molar-refractivity contribution >= 4 is 12.0 Å². The van der Waals surface area contributed by atoms with E-state index in [1.54, 1.807) is 0 Å². The number of halogens is 5. The van der Waals surface area contributed by atoms with E-state index >= 15 is 0 Å². The Morgan fingerprint density at radius 2 is 1.95 bits per heavy atom. The first kappa shape index (κ1) is 14.3. The number of fused-ring (bicyclic) bond motifs is 1. The maximum Gasteiger partial charge on any atom is 0.416 e. The van der Waals surface area contributed by atoms with Gasteiger partial charge in [0.05, 0.1) is 5.56 Å². The Balaban J connectivity index is 2.46. The molecule has 3 nitrogen and oxygen atoms in total. The summed E-state index contributed by atoms with van der Waals surface area (Å²) < 4.78 is 67.9. The molecule has 0 saturated heterocycles. The number of alkyl halides is 5. The number of ether oxygens (including phenoxy) is 1. The third kappa shape index (κ3) is 2.21. The van der Waals surface area contributed by atoms with Crippen molar-refractivity contribution in [1.82, 2.24) is 0 Å². The van der Waals surface area contributed by atoms with Crippen molar-refractivity contribution < 1.29 is 36.6 Å². The summed E-state index contributed by atoms with van der Waals surface area (Å²) in [6.45, 7) is 0. The Kier molecular flexibility index (Phi) is 3.19. The fourth-order valence-electron chi connectivity index (χ4n) is 1.70. The Bertz CT molecular complexity index is 579. The Labute approximate surface area is 109 Å². The molecule has 1 aliphatic rings. The quantitative estimate of drug-likeness (QED) is 0.852. The molecule has 1 N–H and O–H groups in total. The fourth-order valence-corrected chi connectivity index (χ4v) is 1.70. The zero-order valence-electron chi connectivity index (χ0n) is 9.62. The van der Waals surface area contributed by atoms with Crippen LogP contribution in [0.15, 0.2) is 24.3 Å². The second-order valence-electron chi connectivity index (χ2n) is 4.08. The normalized spacial score (nSPS) is 21.5. The largest absolute Gasteiger partial charge is 0.478 e. The van der Waals surface area contributed by atoms with Crippen LogP contribution in [-0.4, -0.2) is 23.1 Å². The van der Waals surface area contributed by atoms with Gasteiger partial charge in [-0.3, -0.25) is 0 Å². The van der Waals surface area contributed by atoms with Crippen LogP contribution in [0.3, 0.4) is 0 Å². The second kappa shape index (κ2) is 4.46. The van der Waals surface area contributed by atoms with Gasteiger partial charge in [-0.15, -0.1) is 0 Å². The van der Waals surface area contributed by atoms with Gasteiger partial charge in [0.15, 0.2) is 0 Å². The number of hydrogen-bond acceptors (Lipinski definition) is 2. The number of aliphatic carboxylic acids is 1. The van der Waals surface area contributed by atoms with Gasteiger partial charge in [-0.2, -0.15) is 13.2 Å². The van der Waals surface area contributed by atoms with Crippen LogP contribution in [0.4, 0.5) is 22.0 Å². The maximum absolute atomic E-state index is 12.9. The molecule has 1 unspecified atom stereocenters. The van der Waals surface area contributed by atoms with Gasteiger partial charge in [-0.25, -0.2) is 13.6 Å². The van der Waals surface area contributed by atoms with Gasteiger partial charge in [-0.1, -0.05) is 6.08 Å². The highest BCUT2D eigenvalue weighted by molar-refractivity contribution is 5.84. The van der Waals surface area contributed by atoms with Crippen LogP contribution in [-0.2, 0) is 11.0 Å². The molecular formula is C12H7F5O3. The van der Waals surface area contributed by atoms with E-state index in [-0.39, 0.29) is 11.3 Å². The van der Waals surface area contributed by atoms with Crippen molar-refractivity contribution in [3.8, 4) is 5.75 Å². The average molecular weight is 294 g/mol. The van der Waals surface area contributed by atoms with Crippen molar-refractivity contribution in [2.24, 2.45) is 0 Å². The first-order valence-electron chi connectivity index (χ1n) is 5.28. The Morgan fingerprint density at radius 1 is 1.30 bits per heavy atom. The van der Waals surface area contributed by atoms with Crippen LogP contribution in [0.1, 0.15) is 11.1 Å². The molecule has 0 bridgehead atoms. The molecule has 1 atom stereocenters. The minimum atomic E-state index is -4.59. The van der Waals surface area contributed by atoms with Crippen molar-refractivity contribution in [3.05, 3.63) is 35.4 Å². The summed E-state index contributed by atoms with van der Waals surface area (Å²) in [6.07, 6.45) is -6.53. The number of rotatable bonds is 2. The minimum Gasteiger partial charge on any atom is -0.478 e. The van der Waals surface area contributed by atoms with E-state index in [4.69, 9.17) is 9.84 Å². The van der Waals surface area contributed by atoms with E-state index in [0.717, 1.165) is 12.1 Å². The average Bonchev–Trinajstić information content (AvgIpc) is 2.35.